The zero-order chi connectivity index (χ0) is 24.7. The summed E-state index contributed by atoms with van der Waals surface area (Å²) in [6.45, 7) is 4.65. The van der Waals surface area contributed by atoms with Gasteiger partial charge in [0.2, 0.25) is 5.78 Å². The van der Waals surface area contributed by atoms with Crippen molar-refractivity contribution in [3.63, 3.8) is 0 Å². The molecule has 2 heterocycles. The van der Waals surface area contributed by atoms with Gasteiger partial charge in [0.1, 0.15) is 17.2 Å². The molecule has 0 radical (unpaired) electrons. The molecule has 0 amide bonds. The second-order valence-corrected chi connectivity index (χ2v) is 9.03. The summed E-state index contributed by atoms with van der Waals surface area (Å²) in [5.41, 5.74) is 3.44. The Bertz CT molecular complexity index is 1530. The van der Waals surface area contributed by atoms with Crippen molar-refractivity contribution in [2.45, 2.75) is 20.4 Å². The van der Waals surface area contributed by atoms with Gasteiger partial charge in [-0.15, -0.1) is 0 Å². The highest BCUT2D eigenvalue weighted by molar-refractivity contribution is 9.10. The van der Waals surface area contributed by atoms with Crippen molar-refractivity contribution in [2.75, 3.05) is 7.11 Å². The molecule has 6 nitrogen and oxygen atoms in total. The molecule has 1 aliphatic heterocycles. The minimum absolute atomic E-state index is 0.207. The van der Waals surface area contributed by atoms with E-state index in [-0.39, 0.29) is 11.5 Å². The predicted octanol–water partition coefficient (Wildman–Crippen LogP) is 6.58. The molecule has 35 heavy (non-hydrogen) atoms. The van der Waals surface area contributed by atoms with Crippen LogP contribution in [0.25, 0.3) is 17.0 Å². The molecule has 0 saturated heterocycles. The monoisotopic (exact) mass is 531 g/mol. The minimum Gasteiger partial charge on any atom is -0.497 e. The van der Waals surface area contributed by atoms with Crippen molar-refractivity contribution in [1.82, 2.24) is 4.57 Å². The van der Waals surface area contributed by atoms with Crippen LogP contribution < -0.4 is 14.2 Å². The van der Waals surface area contributed by atoms with Gasteiger partial charge in [-0.05, 0) is 77.8 Å². The Morgan fingerprint density at radius 1 is 1.11 bits per heavy atom. The number of Topliss-reactive ketones (excluding diaryl/α,β-unsaturated/α-hetero) is 1. The highest BCUT2D eigenvalue weighted by Gasteiger charge is 2.31. The van der Waals surface area contributed by atoms with Crippen LogP contribution in [0.15, 0.2) is 71.0 Å². The zero-order valence-corrected chi connectivity index (χ0v) is 21.0. The van der Waals surface area contributed by atoms with Gasteiger partial charge in [-0.1, -0.05) is 12.1 Å². The van der Waals surface area contributed by atoms with E-state index in [4.69, 9.17) is 14.2 Å². The maximum atomic E-state index is 13.2. The smallest absolute Gasteiger partial charge is 0.344 e. The number of ketones is 1. The number of aryl methyl sites for hydroxylation is 2. The number of fused-ring (bicyclic) bond motifs is 2. The Labute approximate surface area is 210 Å². The van der Waals surface area contributed by atoms with Crippen molar-refractivity contribution in [3.8, 4) is 17.2 Å². The van der Waals surface area contributed by atoms with Crippen LogP contribution >= 0.6 is 15.9 Å². The number of allylic oxidation sites excluding steroid dienone is 1. The summed E-state index contributed by atoms with van der Waals surface area (Å²) in [6.07, 6.45) is 3.75. The second-order valence-electron chi connectivity index (χ2n) is 8.18. The fraction of sp³-hybridized carbons (Fsp3) is 0.143. The van der Waals surface area contributed by atoms with Gasteiger partial charge in [0.05, 0.1) is 18.2 Å². The van der Waals surface area contributed by atoms with Gasteiger partial charge in [0.25, 0.3) is 0 Å². The summed E-state index contributed by atoms with van der Waals surface area (Å²) in [5.74, 6) is 0.923. The molecule has 0 atom stereocenters. The minimum atomic E-state index is -0.502. The van der Waals surface area contributed by atoms with Crippen molar-refractivity contribution in [1.29, 1.82) is 0 Å². The number of nitrogens with zero attached hydrogens (tertiary/aromatic N) is 1. The van der Waals surface area contributed by atoms with Gasteiger partial charge >= 0.3 is 5.97 Å². The van der Waals surface area contributed by atoms with Crippen molar-refractivity contribution < 1.29 is 23.8 Å². The first-order valence-corrected chi connectivity index (χ1v) is 11.9. The number of hydrogen-bond acceptors (Lipinski definition) is 5. The summed E-state index contributed by atoms with van der Waals surface area (Å²) in [7, 11) is 1.63. The van der Waals surface area contributed by atoms with Crippen LogP contribution in [0.1, 0.15) is 38.8 Å². The van der Waals surface area contributed by atoms with Crippen LogP contribution in [-0.2, 0) is 6.54 Å². The van der Waals surface area contributed by atoms with Gasteiger partial charge in [-0.3, -0.25) is 4.79 Å². The normalized spacial score (nSPS) is 13.7. The van der Waals surface area contributed by atoms with Gasteiger partial charge in [-0.2, -0.15) is 0 Å². The molecule has 0 aliphatic carbocycles. The highest BCUT2D eigenvalue weighted by atomic mass is 79.9. The fourth-order valence-corrected chi connectivity index (χ4v) is 4.72. The van der Waals surface area contributed by atoms with Crippen molar-refractivity contribution in [3.05, 3.63) is 93.3 Å². The van der Waals surface area contributed by atoms with E-state index < -0.39 is 5.97 Å². The molecule has 7 heteroatoms. The lowest BCUT2D eigenvalue weighted by atomic mass is 10.0. The molecule has 5 rings (SSSR count). The number of methoxy groups -OCH3 is 1. The predicted molar refractivity (Wildman–Crippen MR) is 137 cm³/mol. The zero-order valence-electron chi connectivity index (χ0n) is 19.4. The number of halogens is 1. The summed E-state index contributed by atoms with van der Waals surface area (Å²) in [4.78, 5) is 25.9. The Morgan fingerprint density at radius 3 is 2.66 bits per heavy atom. The van der Waals surface area contributed by atoms with Crippen LogP contribution in [0.3, 0.4) is 0 Å². The van der Waals surface area contributed by atoms with E-state index in [0.29, 0.717) is 32.7 Å². The third-order valence-corrected chi connectivity index (χ3v) is 6.69. The molecule has 1 aromatic heterocycles. The number of rotatable bonds is 5. The van der Waals surface area contributed by atoms with Crippen molar-refractivity contribution in [2.24, 2.45) is 0 Å². The summed E-state index contributed by atoms with van der Waals surface area (Å²) >= 11 is 3.37. The third kappa shape index (κ3) is 4.12. The van der Waals surface area contributed by atoms with Crippen LogP contribution in [0, 0.1) is 6.92 Å². The van der Waals surface area contributed by atoms with E-state index in [2.05, 4.69) is 27.4 Å². The quantitative estimate of drug-likeness (QED) is 0.165. The van der Waals surface area contributed by atoms with E-state index in [1.165, 1.54) is 0 Å². The Kier molecular flexibility index (Phi) is 5.94. The van der Waals surface area contributed by atoms with Crippen LogP contribution in [0.2, 0.25) is 0 Å². The summed E-state index contributed by atoms with van der Waals surface area (Å²) in [6, 6.07) is 16.1. The lowest BCUT2D eigenvalue weighted by Gasteiger charge is -2.08. The molecular formula is C28H22BrNO5. The maximum Gasteiger partial charge on any atom is 0.344 e. The van der Waals surface area contributed by atoms with Gasteiger partial charge in [0.15, 0.2) is 5.76 Å². The standard InChI is InChI=1S/C28H22BrNO5/c1-4-30-15-17(21-13-18(33-3)9-10-23(21)30)12-25-27(31)26-16(2)11-19(14-24(26)35-25)34-28(32)20-7-5-6-8-22(20)29/h5-15H,4H2,1-3H3/b25-12-. The topological polar surface area (TPSA) is 66.8 Å². The van der Waals surface area contributed by atoms with E-state index in [1.807, 2.05) is 30.5 Å². The molecule has 0 saturated carbocycles. The average Bonchev–Trinajstić information content (AvgIpc) is 3.36. The Balaban J connectivity index is 1.49. The summed E-state index contributed by atoms with van der Waals surface area (Å²) < 4.78 is 19.7. The first-order valence-electron chi connectivity index (χ1n) is 11.1. The highest BCUT2D eigenvalue weighted by Crippen LogP contribution is 2.38. The van der Waals surface area contributed by atoms with Crippen LogP contribution in [-0.4, -0.2) is 23.4 Å². The van der Waals surface area contributed by atoms with Crippen LogP contribution in [0.4, 0.5) is 0 Å². The molecule has 0 unspecified atom stereocenters. The summed E-state index contributed by atoms with van der Waals surface area (Å²) in [5, 5.41) is 0.964. The largest absolute Gasteiger partial charge is 0.497 e. The number of hydrogen-bond donors (Lipinski definition) is 0. The number of carbonyl (C=O) groups excluding carboxylic acids is 2. The molecule has 1 aliphatic rings. The number of aromatic nitrogens is 1. The van der Waals surface area contributed by atoms with Gasteiger partial charge in [-0.25, -0.2) is 4.79 Å². The molecule has 0 fully saturated rings. The maximum absolute atomic E-state index is 13.2. The average molecular weight is 532 g/mol. The van der Waals surface area contributed by atoms with Crippen molar-refractivity contribution >= 4 is 44.7 Å². The third-order valence-electron chi connectivity index (χ3n) is 5.99. The molecule has 4 aromatic rings. The second kappa shape index (κ2) is 9.07. The lowest BCUT2D eigenvalue weighted by molar-refractivity contribution is 0.0733. The number of benzene rings is 3. The van der Waals surface area contributed by atoms with Gasteiger partial charge < -0.3 is 18.8 Å². The van der Waals surface area contributed by atoms with Crippen LogP contribution in [0.5, 0.6) is 17.2 Å². The molecule has 0 spiro atoms. The van der Waals surface area contributed by atoms with E-state index in [1.54, 1.807) is 50.4 Å². The SMILES string of the molecule is CCn1cc(/C=C2\Oc3cc(OC(=O)c4ccccc4Br)cc(C)c3C2=O)c2cc(OC)ccc21. The first-order chi connectivity index (χ1) is 16.9. The first kappa shape index (κ1) is 22.9. The lowest BCUT2D eigenvalue weighted by Crippen LogP contribution is -2.09. The molecule has 0 N–H and O–H groups in total. The molecule has 176 valence electrons. The van der Waals surface area contributed by atoms with E-state index in [0.717, 1.165) is 28.8 Å². The number of esters is 1. The van der Waals surface area contributed by atoms with Gasteiger partial charge in [0, 0.05) is 39.7 Å². The fourth-order valence-electron chi connectivity index (χ4n) is 4.27. The number of ether oxygens (including phenoxy) is 3. The Morgan fingerprint density at radius 2 is 1.91 bits per heavy atom. The van der Waals surface area contributed by atoms with E-state index in [9.17, 15) is 9.59 Å². The molecular weight excluding hydrogens is 510 g/mol. The molecule has 3 aromatic carbocycles. The Hall–Kier alpha value is -3.84. The number of carbonyl (C=O) groups is 2. The molecule has 0 bridgehead atoms. The van der Waals surface area contributed by atoms with E-state index >= 15 is 0 Å².